The van der Waals surface area contributed by atoms with E-state index in [-0.39, 0.29) is 5.60 Å². The van der Waals surface area contributed by atoms with Crippen LogP contribution in [0.25, 0.3) is 0 Å². The van der Waals surface area contributed by atoms with Crippen LogP contribution in [0, 0.1) is 23.7 Å². The third-order valence-electron chi connectivity index (χ3n) is 5.93. The number of methoxy groups -OCH3 is 1. The van der Waals surface area contributed by atoms with E-state index < -0.39 is 0 Å². The smallest absolute Gasteiger partial charge is 0.0924 e. The molecular formula is C24H30O. The summed E-state index contributed by atoms with van der Waals surface area (Å²) >= 11 is 0. The minimum Gasteiger partial charge on any atom is -0.374 e. The Morgan fingerprint density at radius 1 is 1.08 bits per heavy atom. The van der Waals surface area contributed by atoms with Crippen molar-refractivity contribution in [2.45, 2.75) is 57.5 Å². The fraction of sp³-hybridized carbons (Fsp3) is 0.500. The Morgan fingerprint density at radius 2 is 1.84 bits per heavy atom. The van der Waals surface area contributed by atoms with Crippen molar-refractivity contribution >= 4 is 0 Å². The summed E-state index contributed by atoms with van der Waals surface area (Å²) < 4.78 is 6.04. The molecule has 1 saturated carbocycles. The number of allylic oxidation sites excluding steroid dienone is 2. The molecule has 2 aliphatic carbocycles. The van der Waals surface area contributed by atoms with Gasteiger partial charge in [0, 0.05) is 18.2 Å². The lowest BCUT2D eigenvalue weighted by Crippen LogP contribution is -2.40. The first-order valence-corrected chi connectivity index (χ1v) is 9.77. The summed E-state index contributed by atoms with van der Waals surface area (Å²) in [6, 6.07) is 10.2. The lowest BCUT2D eigenvalue weighted by Gasteiger charge is -2.42. The molecule has 0 aromatic heterocycles. The second-order valence-electron chi connectivity index (χ2n) is 7.48. The number of ether oxygens (including phenoxy) is 1. The maximum absolute atomic E-state index is 6.04. The predicted molar refractivity (Wildman–Crippen MR) is 105 cm³/mol. The predicted octanol–water partition coefficient (Wildman–Crippen LogP) is 5.92. The Morgan fingerprint density at radius 3 is 2.44 bits per heavy atom. The van der Waals surface area contributed by atoms with Crippen LogP contribution < -0.4 is 0 Å². The standard InChI is InChI=1S/C24H30O/c1-3-7-20-12-14-23(15-13-20)24(25-2)18-16-22(17-19-24)11-10-21-8-5-4-6-9-21/h4-6,8-9,16-18,20,23H,3,7,12-15,19H2,1-2H3/t20-,23-,24?. The van der Waals surface area contributed by atoms with Gasteiger partial charge in [-0.05, 0) is 49.3 Å². The third-order valence-corrected chi connectivity index (χ3v) is 5.93. The second-order valence-corrected chi connectivity index (χ2v) is 7.48. The maximum atomic E-state index is 6.04. The van der Waals surface area contributed by atoms with E-state index in [4.69, 9.17) is 4.74 Å². The van der Waals surface area contributed by atoms with Crippen molar-refractivity contribution in [3.63, 3.8) is 0 Å². The molecule has 0 radical (unpaired) electrons. The topological polar surface area (TPSA) is 9.23 Å². The van der Waals surface area contributed by atoms with Gasteiger partial charge in [-0.15, -0.1) is 0 Å². The molecule has 0 saturated heterocycles. The van der Waals surface area contributed by atoms with Gasteiger partial charge in [-0.1, -0.05) is 74.8 Å². The average molecular weight is 335 g/mol. The summed E-state index contributed by atoms with van der Waals surface area (Å²) in [4.78, 5) is 0. The molecule has 1 fully saturated rings. The van der Waals surface area contributed by atoms with Crippen LogP contribution in [0.4, 0.5) is 0 Å². The molecule has 132 valence electrons. The van der Waals surface area contributed by atoms with Gasteiger partial charge in [0.1, 0.15) is 0 Å². The minimum absolute atomic E-state index is 0.116. The van der Waals surface area contributed by atoms with Crippen molar-refractivity contribution in [1.29, 1.82) is 0 Å². The molecule has 0 aliphatic heterocycles. The molecule has 0 heterocycles. The van der Waals surface area contributed by atoms with E-state index in [2.05, 4.69) is 37.0 Å². The van der Waals surface area contributed by atoms with Crippen molar-refractivity contribution in [1.82, 2.24) is 0 Å². The summed E-state index contributed by atoms with van der Waals surface area (Å²) in [6.07, 6.45) is 15.7. The molecule has 0 N–H and O–H groups in total. The normalized spacial score (nSPS) is 28.8. The lowest BCUT2D eigenvalue weighted by atomic mass is 9.70. The van der Waals surface area contributed by atoms with Gasteiger partial charge in [-0.2, -0.15) is 0 Å². The quantitative estimate of drug-likeness (QED) is 0.621. The van der Waals surface area contributed by atoms with Gasteiger partial charge in [0.05, 0.1) is 5.60 Å². The molecule has 1 heteroatoms. The average Bonchev–Trinajstić information content (AvgIpc) is 2.68. The Kier molecular flexibility index (Phi) is 6.16. The van der Waals surface area contributed by atoms with Gasteiger partial charge in [0.2, 0.25) is 0 Å². The highest BCUT2D eigenvalue weighted by Crippen LogP contribution is 2.42. The van der Waals surface area contributed by atoms with Gasteiger partial charge >= 0.3 is 0 Å². The molecule has 1 atom stereocenters. The van der Waals surface area contributed by atoms with Crippen LogP contribution >= 0.6 is 0 Å². The first-order chi connectivity index (χ1) is 12.3. The van der Waals surface area contributed by atoms with E-state index >= 15 is 0 Å². The Hall–Kier alpha value is -1.78. The molecule has 1 nitrogen and oxygen atoms in total. The van der Waals surface area contributed by atoms with E-state index in [0.717, 1.165) is 23.5 Å². The van der Waals surface area contributed by atoms with E-state index in [9.17, 15) is 0 Å². The van der Waals surface area contributed by atoms with Crippen LogP contribution in [-0.4, -0.2) is 12.7 Å². The minimum atomic E-state index is -0.116. The Balaban J connectivity index is 1.63. The van der Waals surface area contributed by atoms with E-state index in [0.29, 0.717) is 5.92 Å². The molecule has 0 spiro atoms. The highest BCUT2D eigenvalue weighted by molar-refractivity contribution is 5.47. The fourth-order valence-corrected chi connectivity index (χ4v) is 4.36. The highest BCUT2D eigenvalue weighted by Gasteiger charge is 2.39. The number of hydrogen-bond donors (Lipinski definition) is 0. The summed E-state index contributed by atoms with van der Waals surface area (Å²) in [7, 11) is 1.87. The third kappa shape index (κ3) is 4.44. The highest BCUT2D eigenvalue weighted by atomic mass is 16.5. The molecule has 2 aliphatic rings. The van der Waals surface area contributed by atoms with Crippen LogP contribution in [0.15, 0.2) is 54.1 Å². The van der Waals surface area contributed by atoms with E-state index in [1.807, 2.05) is 37.4 Å². The molecule has 3 rings (SSSR count). The van der Waals surface area contributed by atoms with Crippen molar-refractivity contribution in [3.05, 3.63) is 59.7 Å². The summed E-state index contributed by atoms with van der Waals surface area (Å²) in [6.45, 7) is 2.30. The number of rotatable bonds is 4. The molecule has 1 unspecified atom stereocenters. The Bertz CT molecular complexity index is 665. The lowest BCUT2D eigenvalue weighted by molar-refractivity contribution is -0.0345. The van der Waals surface area contributed by atoms with Crippen molar-refractivity contribution in [2.75, 3.05) is 7.11 Å². The van der Waals surface area contributed by atoms with Gasteiger partial charge < -0.3 is 4.74 Å². The zero-order valence-electron chi connectivity index (χ0n) is 15.6. The SMILES string of the molecule is CCC[C@H]1CC[C@H](C2(OC)C=CC(C#Cc3ccccc3)=CC2)CC1. The monoisotopic (exact) mass is 334 g/mol. The summed E-state index contributed by atoms with van der Waals surface area (Å²) in [5.41, 5.74) is 2.06. The molecule has 25 heavy (non-hydrogen) atoms. The van der Waals surface area contributed by atoms with Crippen LogP contribution in [0.3, 0.4) is 0 Å². The van der Waals surface area contributed by atoms with Crippen LogP contribution in [0.2, 0.25) is 0 Å². The van der Waals surface area contributed by atoms with Gasteiger partial charge in [-0.3, -0.25) is 0 Å². The molecule has 1 aromatic rings. The van der Waals surface area contributed by atoms with E-state index in [1.165, 1.54) is 38.5 Å². The first kappa shape index (κ1) is 18.0. The second kappa shape index (κ2) is 8.54. The summed E-state index contributed by atoms with van der Waals surface area (Å²) in [5, 5.41) is 0. The molecule has 0 amide bonds. The maximum Gasteiger partial charge on any atom is 0.0924 e. The molecular weight excluding hydrogens is 304 g/mol. The largest absolute Gasteiger partial charge is 0.374 e. The summed E-state index contributed by atoms with van der Waals surface area (Å²) in [5.74, 6) is 8.12. The molecule has 0 bridgehead atoms. The van der Waals surface area contributed by atoms with Crippen molar-refractivity contribution in [3.8, 4) is 11.8 Å². The first-order valence-electron chi connectivity index (χ1n) is 9.77. The van der Waals surface area contributed by atoms with Gasteiger partial charge in [-0.25, -0.2) is 0 Å². The van der Waals surface area contributed by atoms with Gasteiger partial charge in [0.15, 0.2) is 0 Å². The zero-order chi connectivity index (χ0) is 17.5. The van der Waals surface area contributed by atoms with Crippen LogP contribution in [0.1, 0.15) is 57.4 Å². The molecule has 1 aromatic carbocycles. The number of benzene rings is 1. The fourth-order valence-electron chi connectivity index (χ4n) is 4.36. The van der Waals surface area contributed by atoms with E-state index in [1.54, 1.807) is 0 Å². The van der Waals surface area contributed by atoms with Gasteiger partial charge in [0.25, 0.3) is 0 Å². The van der Waals surface area contributed by atoms with Crippen LogP contribution in [-0.2, 0) is 4.74 Å². The van der Waals surface area contributed by atoms with Crippen molar-refractivity contribution < 1.29 is 4.74 Å². The Labute approximate surface area is 153 Å². The van der Waals surface area contributed by atoms with Crippen molar-refractivity contribution in [2.24, 2.45) is 11.8 Å². The van der Waals surface area contributed by atoms with Crippen LogP contribution in [0.5, 0.6) is 0 Å². The zero-order valence-corrected chi connectivity index (χ0v) is 15.6. The number of hydrogen-bond acceptors (Lipinski definition) is 1.